The normalized spacial score (nSPS) is 18.0. The van der Waals surface area contributed by atoms with Gasteiger partial charge in [0.2, 0.25) is 0 Å². The molecular weight excluding hydrogens is 270 g/mol. The van der Waals surface area contributed by atoms with Crippen LogP contribution in [0.2, 0.25) is 0 Å². The fraction of sp³-hybridized carbons (Fsp3) is 0.500. The maximum Gasteiger partial charge on any atom is 0.0391 e. The molecule has 0 radical (unpaired) electrons. The number of aryl methyl sites for hydroxylation is 2. The molecule has 19 heavy (non-hydrogen) atoms. The van der Waals surface area contributed by atoms with E-state index in [9.17, 15) is 0 Å². The lowest BCUT2D eigenvalue weighted by Gasteiger charge is -2.18. The van der Waals surface area contributed by atoms with E-state index in [2.05, 4.69) is 42.1 Å². The minimum atomic E-state index is 0.431. The Bertz CT molecular complexity index is 503. The highest BCUT2D eigenvalue weighted by Crippen LogP contribution is 2.33. The molecule has 0 fully saturated rings. The zero-order valence-corrected chi connectivity index (χ0v) is 13.2. The highest BCUT2D eigenvalue weighted by atomic mass is 32.1. The molecule has 2 atom stereocenters. The van der Waals surface area contributed by atoms with Crippen molar-refractivity contribution in [1.82, 2.24) is 5.32 Å². The van der Waals surface area contributed by atoms with Crippen LogP contribution in [-0.4, -0.2) is 0 Å². The van der Waals surface area contributed by atoms with Crippen LogP contribution in [0, 0.1) is 0 Å². The fourth-order valence-electron chi connectivity index (χ4n) is 2.80. The van der Waals surface area contributed by atoms with Crippen molar-refractivity contribution < 1.29 is 0 Å². The van der Waals surface area contributed by atoms with Crippen molar-refractivity contribution in [1.29, 1.82) is 0 Å². The van der Waals surface area contributed by atoms with Gasteiger partial charge in [-0.2, -0.15) is 11.3 Å². The summed E-state index contributed by atoms with van der Waals surface area (Å²) in [6.45, 7) is 4.55. The number of fused-ring (bicyclic) bond motifs is 1. The van der Waals surface area contributed by atoms with Crippen LogP contribution in [0.1, 0.15) is 59.7 Å². The maximum absolute atomic E-state index is 3.72. The smallest absolute Gasteiger partial charge is 0.0391 e. The molecule has 0 aliphatic heterocycles. The zero-order chi connectivity index (χ0) is 13.2. The van der Waals surface area contributed by atoms with Crippen molar-refractivity contribution in [3.8, 4) is 0 Å². The van der Waals surface area contributed by atoms with Gasteiger partial charge in [0.05, 0.1) is 0 Å². The molecule has 0 saturated heterocycles. The molecule has 0 bridgehead atoms. The van der Waals surface area contributed by atoms with Crippen LogP contribution >= 0.6 is 22.7 Å². The van der Waals surface area contributed by atoms with E-state index in [0.29, 0.717) is 12.1 Å². The van der Waals surface area contributed by atoms with E-state index in [1.54, 1.807) is 21.8 Å². The van der Waals surface area contributed by atoms with Gasteiger partial charge >= 0.3 is 0 Å². The third-order valence-corrected chi connectivity index (χ3v) is 6.11. The van der Waals surface area contributed by atoms with Gasteiger partial charge in [0, 0.05) is 21.8 Å². The summed E-state index contributed by atoms with van der Waals surface area (Å²) < 4.78 is 0. The molecule has 1 aliphatic carbocycles. The molecule has 2 unspecified atom stereocenters. The number of rotatable bonds is 4. The molecule has 1 nitrogen and oxygen atoms in total. The van der Waals surface area contributed by atoms with Crippen LogP contribution in [0.25, 0.3) is 0 Å². The molecule has 2 aromatic rings. The van der Waals surface area contributed by atoms with Crippen LogP contribution in [0.3, 0.4) is 0 Å². The van der Waals surface area contributed by atoms with Crippen molar-refractivity contribution >= 4 is 22.7 Å². The van der Waals surface area contributed by atoms with Crippen LogP contribution in [0.15, 0.2) is 22.9 Å². The Balaban J connectivity index is 1.70. The van der Waals surface area contributed by atoms with Crippen molar-refractivity contribution in [2.24, 2.45) is 0 Å². The Morgan fingerprint density at radius 3 is 2.74 bits per heavy atom. The van der Waals surface area contributed by atoms with Gasteiger partial charge in [-0.15, -0.1) is 11.3 Å². The third kappa shape index (κ3) is 2.93. The second kappa shape index (κ2) is 5.78. The zero-order valence-electron chi connectivity index (χ0n) is 11.6. The Labute approximate surface area is 123 Å². The first-order valence-electron chi connectivity index (χ1n) is 7.13. The lowest BCUT2D eigenvalue weighted by atomic mass is 9.99. The lowest BCUT2D eigenvalue weighted by molar-refractivity contribution is 0.501. The molecule has 3 rings (SSSR count). The Morgan fingerprint density at radius 2 is 2.00 bits per heavy atom. The summed E-state index contributed by atoms with van der Waals surface area (Å²) in [5.41, 5.74) is 3.02. The van der Waals surface area contributed by atoms with Gasteiger partial charge in [-0.05, 0) is 73.6 Å². The predicted molar refractivity (Wildman–Crippen MR) is 85.2 cm³/mol. The molecule has 102 valence electrons. The third-order valence-electron chi connectivity index (χ3n) is 3.99. The van der Waals surface area contributed by atoms with E-state index >= 15 is 0 Å². The highest BCUT2D eigenvalue weighted by Gasteiger charge is 2.18. The highest BCUT2D eigenvalue weighted by molar-refractivity contribution is 7.12. The molecule has 1 N–H and O–H groups in total. The molecule has 2 heterocycles. The van der Waals surface area contributed by atoms with Gasteiger partial charge in [0.1, 0.15) is 0 Å². The Morgan fingerprint density at radius 1 is 1.16 bits per heavy atom. The van der Waals surface area contributed by atoms with Crippen molar-refractivity contribution in [3.63, 3.8) is 0 Å². The number of hydrogen-bond donors (Lipinski definition) is 1. The molecule has 3 heteroatoms. The van der Waals surface area contributed by atoms with Crippen LogP contribution in [-0.2, 0) is 12.8 Å². The molecule has 0 aromatic carbocycles. The summed E-state index contributed by atoms with van der Waals surface area (Å²) >= 11 is 3.80. The van der Waals surface area contributed by atoms with E-state index in [1.165, 1.54) is 36.1 Å². The van der Waals surface area contributed by atoms with Crippen molar-refractivity contribution in [3.05, 3.63) is 43.8 Å². The second-order valence-corrected chi connectivity index (χ2v) is 7.42. The SMILES string of the molecule is CC(NC(C)c1cc2c(s1)CCCC2)c1ccsc1. The monoisotopic (exact) mass is 291 g/mol. The van der Waals surface area contributed by atoms with E-state index in [0.717, 1.165) is 0 Å². The van der Waals surface area contributed by atoms with Gasteiger partial charge in [-0.1, -0.05) is 0 Å². The molecule has 2 aromatic heterocycles. The minimum Gasteiger partial charge on any atom is -0.303 e. The molecular formula is C16H21NS2. The first kappa shape index (κ1) is 13.3. The van der Waals surface area contributed by atoms with E-state index in [-0.39, 0.29) is 0 Å². The second-order valence-electron chi connectivity index (χ2n) is 5.47. The quantitative estimate of drug-likeness (QED) is 0.826. The van der Waals surface area contributed by atoms with Crippen molar-refractivity contribution in [2.45, 2.75) is 51.6 Å². The van der Waals surface area contributed by atoms with Crippen LogP contribution < -0.4 is 5.32 Å². The van der Waals surface area contributed by atoms with E-state index in [4.69, 9.17) is 0 Å². The molecule has 0 saturated carbocycles. The summed E-state index contributed by atoms with van der Waals surface area (Å²) in [6, 6.07) is 5.54. The first-order chi connectivity index (χ1) is 9.24. The summed E-state index contributed by atoms with van der Waals surface area (Å²) in [5, 5.41) is 8.12. The van der Waals surface area contributed by atoms with Gasteiger partial charge in [-0.3, -0.25) is 0 Å². The summed E-state index contributed by atoms with van der Waals surface area (Å²) in [6.07, 6.45) is 5.34. The van der Waals surface area contributed by atoms with Gasteiger partial charge in [0.25, 0.3) is 0 Å². The van der Waals surface area contributed by atoms with Gasteiger partial charge in [-0.25, -0.2) is 0 Å². The molecule has 0 spiro atoms. The predicted octanol–water partition coefficient (Wildman–Crippen LogP) is 5.10. The average molecular weight is 291 g/mol. The van der Waals surface area contributed by atoms with Crippen LogP contribution in [0.4, 0.5) is 0 Å². The van der Waals surface area contributed by atoms with Crippen molar-refractivity contribution in [2.75, 3.05) is 0 Å². The standard InChI is InChI=1S/C16H21NS2/c1-11(14-7-8-18-10-14)17-12(2)16-9-13-5-3-4-6-15(13)19-16/h7-12,17H,3-6H2,1-2H3. The lowest BCUT2D eigenvalue weighted by Crippen LogP contribution is -2.21. The van der Waals surface area contributed by atoms with E-state index < -0.39 is 0 Å². The Kier molecular flexibility index (Phi) is 4.06. The minimum absolute atomic E-state index is 0.431. The van der Waals surface area contributed by atoms with Gasteiger partial charge in [0.15, 0.2) is 0 Å². The molecule has 0 amide bonds. The summed E-state index contributed by atoms with van der Waals surface area (Å²) in [4.78, 5) is 3.15. The number of thiophene rings is 2. The topological polar surface area (TPSA) is 12.0 Å². The summed E-state index contributed by atoms with van der Waals surface area (Å²) in [7, 11) is 0. The Hall–Kier alpha value is -0.640. The average Bonchev–Trinajstić information content (AvgIpc) is 3.07. The number of hydrogen-bond acceptors (Lipinski definition) is 3. The largest absolute Gasteiger partial charge is 0.303 e. The summed E-state index contributed by atoms with van der Waals surface area (Å²) in [5.74, 6) is 0. The van der Waals surface area contributed by atoms with E-state index in [1.807, 2.05) is 11.3 Å². The maximum atomic E-state index is 3.72. The van der Waals surface area contributed by atoms with Crippen LogP contribution in [0.5, 0.6) is 0 Å². The fourth-order valence-corrected chi connectivity index (χ4v) is 4.82. The first-order valence-corrected chi connectivity index (χ1v) is 8.89. The van der Waals surface area contributed by atoms with Gasteiger partial charge < -0.3 is 5.32 Å². The molecule has 1 aliphatic rings. The number of nitrogens with one attached hydrogen (secondary N) is 1.